The second-order valence-corrected chi connectivity index (χ2v) is 10.2. The van der Waals surface area contributed by atoms with E-state index in [1.807, 2.05) is 11.0 Å². The molecule has 0 bridgehead atoms. The van der Waals surface area contributed by atoms with Crippen LogP contribution in [0.4, 0.5) is 4.39 Å². The van der Waals surface area contributed by atoms with Gasteiger partial charge in [-0.15, -0.1) is 0 Å². The summed E-state index contributed by atoms with van der Waals surface area (Å²) in [5.41, 5.74) is 1.73. The molecule has 1 atom stereocenters. The second kappa shape index (κ2) is 7.95. The number of aliphatic carboxylic acids is 1. The maximum atomic E-state index is 13.6. The lowest BCUT2D eigenvalue weighted by atomic mass is 9.71. The largest absolute Gasteiger partial charge is 0.481 e. The van der Waals surface area contributed by atoms with E-state index >= 15 is 0 Å². The minimum absolute atomic E-state index is 0.215. The zero-order valence-corrected chi connectivity index (χ0v) is 18.1. The van der Waals surface area contributed by atoms with E-state index in [1.165, 1.54) is 18.9 Å². The number of nitrogens with zero attached hydrogens (tertiary/aromatic N) is 2. The van der Waals surface area contributed by atoms with Gasteiger partial charge in [-0.05, 0) is 61.6 Å². The molecule has 6 heteroatoms. The highest BCUT2D eigenvalue weighted by molar-refractivity contribution is 5.76. The minimum Gasteiger partial charge on any atom is -0.481 e. The van der Waals surface area contributed by atoms with Crippen molar-refractivity contribution in [3.05, 3.63) is 35.1 Å². The molecule has 2 aliphatic heterocycles. The minimum atomic E-state index is -0.741. The predicted octanol–water partition coefficient (Wildman–Crippen LogP) is 3.84. The van der Waals surface area contributed by atoms with E-state index in [2.05, 4.69) is 11.8 Å². The van der Waals surface area contributed by atoms with Crippen molar-refractivity contribution in [1.82, 2.24) is 9.80 Å². The summed E-state index contributed by atoms with van der Waals surface area (Å²) in [5, 5.41) is 9.89. The van der Waals surface area contributed by atoms with Gasteiger partial charge >= 0.3 is 5.97 Å². The van der Waals surface area contributed by atoms with Crippen molar-refractivity contribution in [1.29, 1.82) is 0 Å². The first-order valence-electron chi connectivity index (χ1n) is 11.2. The van der Waals surface area contributed by atoms with Crippen LogP contribution in [0, 0.1) is 29.5 Å². The molecule has 3 fully saturated rings. The number of amides is 1. The zero-order chi connectivity index (χ0) is 21.5. The van der Waals surface area contributed by atoms with E-state index in [1.54, 1.807) is 13.0 Å². The Hall–Kier alpha value is -1.95. The van der Waals surface area contributed by atoms with Crippen LogP contribution in [0.15, 0.2) is 18.2 Å². The molecular weight excluding hydrogens is 383 g/mol. The number of halogens is 1. The van der Waals surface area contributed by atoms with Crippen molar-refractivity contribution in [3.8, 4) is 0 Å². The molecule has 164 valence electrons. The van der Waals surface area contributed by atoms with Crippen LogP contribution in [0.2, 0.25) is 0 Å². The van der Waals surface area contributed by atoms with Gasteiger partial charge in [0.05, 0.1) is 5.92 Å². The van der Waals surface area contributed by atoms with Crippen LogP contribution >= 0.6 is 0 Å². The number of carbonyl (C=O) groups is 2. The van der Waals surface area contributed by atoms with Gasteiger partial charge in [-0.3, -0.25) is 14.5 Å². The summed E-state index contributed by atoms with van der Waals surface area (Å²) in [7, 11) is 0. The molecule has 0 radical (unpaired) electrons. The van der Waals surface area contributed by atoms with Gasteiger partial charge < -0.3 is 10.0 Å². The van der Waals surface area contributed by atoms with Crippen LogP contribution < -0.4 is 0 Å². The Morgan fingerprint density at radius 3 is 2.50 bits per heavy atom. The van der Waals surface area contributed by atoms with Crippen LogP contribution in [0.5, 0.6) is 0 Å². The monoisotopic (exact) mass is 416 g/mol. The maximum Gasteiger partial charge on any atom is 0.308 e. The quantitative estimate of drug-likeness (QED) is 0.765. The fraction of sp³-hybridized carbons (Fsp3) is 0.667. The molecule has 1 amide bonds. The first-order chi connectivity index (χ1) is 14.2. The van der Waals surface area contributed by atoms with Gasteiger partial charge in [-0.2, -0.15) is 0 Å². The van der Waals surface area contributed by atoms with Gasteiger partial charge in [-0.25, -0.2) is 4.39 Å². The number of aryl methyl sites for hydroxylation is 1. The SMILES string of the molecule is Cc1cc(CN2CC(C(=O)O)C3(CCN(C(=O)CCC4(C)CC4)CC3)C2)ccc1F. The first-order valence-corrected chi connectivity index (χ1v) is 11.2. The molecule has 30 heavy (non-hydrogen) atoms. The molecule has 1 aromatic carbocycles. The number of carbonyl (C=O) groups excluding carboxylic acids is 1. The lowest BCUT2D eigenvalue weighted by Crippen LogP contribution is -2.48. The Morgan fingerprint density at radius 1 is 1.20 bits per heavy atom. The van der Waals surface area contributed by atoms with Crippen LogP contribution in [0.1, 0.15) is 56.6 Å². The first kappa shape index (κ1) is 21.3. The second-order valence-electron chi connectivity index (χ2n) is 10.2. The fourth-order valence-corrected chi connectivity index (χ4v) is 5.33. The third kappa shape index (κ3) is 4.39. The van der Waals surface area contributed by atoms with Crippen molar-refractivity contribution < 1.29 is 19.1 Å². The Balaban J connectivity index is 1.37. The normalized spacial score (nSPS) is 24.9. The highest BCUT2D eigenvalue weighted by atomic mass is 19.1. The Morgan fingerprint density at radius 2 is 1.90 bits per heavy atom. The summed E-state index contributed by atoms with van der Waals surface area (Å²) in [5.74, 6) is -1.15. The van der Waals surface area contributed by atoms with Gasteiger partial charge in [0.25, 0.3) is 0 Å². The fourth-order valence-electron chi connectivity index (χ4n) is 5.33. The third-order valence-corrected chi connectivity index (χ3v) is 7.80. The highest BCUT2D eigenvalue weighted by Gasteiger charge is 2.51. The molecule has 1 aromatic rings. The molecule has 2 heterocycles. The number of carboxylic acids is 1. The lowest BCUT2D eigenvalue weighted by Gasteiger charge is -2.41. The molecule has 0 aromatic heterocycles. The topological polar surface area (TPSA) is 60.9 Å². The van der Waals surface area contributed by atoms with E-state index in [9.17, 15) is 19.1 Å². The molecule has 5 nitrogen and oxygen atoms in total. The summed E-state index contributed by atoms with van der Waals surface area (Å²) >= 11 is 0. The van der Waals surface area contributed by atoms with Crippen LogP contribution in [0.25, 0.3) is 0 Å². The Labute approximate surface area is 178 Å². The lowest BCUT2D eigenvalue weighted by molar-refractivity contribution is -0.146. The summed E-state index contributed by atoms with van der Waals surface area (Å²) in [6, 6.07) is 5.11. The summed E-state index contributed by atoms with van der Waals surface area (Å²) in [4.78, 5) is 28.8. The van der Waals surface area contributed by atoms with Crippen molar-refractivity contribution in [2.75, 3.05) is 26.2 Å². The van der Waals surface area contributed by atoms with Gasteiger partial charge in [0, 0.05) is 44.6 Å². The number of rotatable bonds is 6. The summed E-state index contributed by atoms with van der Waals surface area (Å²) < 4.78 is 13.6. The predicted molar refractivity (Wildman–Crippen MR) is 112 cm³/mol. The molecule has 1 aliphatic carbocycles. The molecular formula is C24H33FN2O3. The van der Waals surface area contributed by atoms with Crippen LogP contribution in [0.3, 0.4) is 0 Å². The molecule has 1 saturated carbocycles. The van der Waals surface area contributed by atoms with Crippen molar-refractivity contribution in [3.63, 3.8) is 0 Å². The van der Waals surface area contributed by atoms with E-state index < -0.39 is 11.9 Å². The Bertz CT molecular complexity index is 828. The smallest absolute Gasteiger partial charge is 0.308 e. The number of piperidine rings is 1. The molecule has 4 rings (SSSR count). The number of carboxylic acid groups (broad SMARTS) is 1. The van der Waals surface area contributed by atoms with E-state index in [0.717, 1.165) is 31.4 Å². The highest BCUT2D eigenvalue weighted by Crippen LogP contribution is 2.49. The van der Waals surface area contributed by atoms with Crippen molar-refractivity contribution in [2.24, 2.45) is 16.7 Å². The van der Waals surface area contributed by atoms with Gasteiger partial charge in [-0.1, -0.05) is 19.1 Å². The van der Waals surface area contributed by atoms with E-state index in [4.69, 9.17) is 0 Å². The summed E-state index contributed by atoms with van der Waals surface area (Å²) in [6.45, 7) is 7.18. The molecule has 1 unspecified atom stereocenters. The molecule has 1 N–H and O–H groups in total. The van der Waals surface area contributed by atoms with E-state index in [0.29, 0.717) is 43.6 Å². The Kier molecular flexibility index (Phi) is 5.64. The zero-order valence-electron chi connectivity index (χ0n) is 18.1. The maximum absolute atomic E-state index is 13.6. The van der Waals surface area contributed by atoms with Gasteiger partial charge in [0.1, 0.15) is 5.82 Å². The average molecular weight is 417 g/mol. The number of benzene rings is 1. The van der Waals surface area contributed by atoms with Crippen LogP contribution in [-0.2, 0) is 16.1 Å². The molecule has 2 saturated heterocycles. The van der Waals surface area contributed by atoms with Gasteiger partial charge in [0.15, 0.2) is 0 Å². The van der Waals surface area contributed by atoms with Crippen molar-refractivity contribution in [2.45, 2.75) is 58.9 Å². The number of hydrogen-bond acceptors (Lipinski definition) is 3. The molecule has 1 spiro atoms. The standard InChI is InChI=1S/C24H33FN2O3/c1-17-13-18(3-4-20(17)25)14-26-15-19(22(29)30)24(16-26)9-11-27(12-10-24)21(28)5-6-23(2)7-8-23/h3-4,13,19H,5-12,14-16H2,1-2H3,(H,29,30). The molecule has 3 aliphatic rings. The third-order valence-electron chi connectivity index (χ3n) is 7.80. The number of likely N-dealkylation sites (tertiary alicyclic amines) is 2. The number of hydrogen-bond donors (Lipinski definition) is 1. The van der Waals surface area contributed by atoms with E-state index in [-0.39, 0.29) is 17.1 Å². The average Bonchev–Trinajstić information content (AvgIpc) is 3.34. The van der Waals surface area contributed by atoms with Crippen molar-refractivity contribution >= 4 is 11.9 Å². The van der Waals surface area contributed by atoms with Crippen LogP contribution in [-0.4, -0.2) is 53.0 Å². The summed E-state index contributed by atoms with van der Waals surface area (Å²) in [6.07, 6.45) is 5.52. The van der Waals surface area contributed by atoms with Gasteiger partial charge in [0.2, 0.25) is 5.91 Å².